The summed E-state index contributed by atoms with van der Waals surface area (Å²) in [4.78, 5) is 12.4. The zero-order chi connectivity index (χ0) is 19.5. The first-order valence-electron chi connectivity index (χ1n) is 8.52. The number of hydrogen-bond donors (Lipinski definition) is 0. The van der Waals surface area contributed by atoms with E-state index in [0.717, 1.165) is 21.4 Å². The highest BCUT2D eigenvalue weighted by Gasteiger charge is 2.11. The Morgan fingerprint density at radius 3 is 2.39 bits per heavy atom. The van der Waals surface area contributed by atoms with Crippen LogP contribution >= 0.6 is 27.5 Å². The number of benzene rings is 2. The van der Waals surface area contributed by atoms with Crippen molar-refractivity contribution < 1.29 is 13.6 Å². The number of carbonyl (C=O) groups excluding carboxylic acids is 1. The molecule has 0 radical (unpaired) electrons. The Labute approximate surface area is 175 Å². The summed E-state index contributed by atoms with van der Waals surface area (Å²) in [5.41, 5.74) is 1.78. The molecule has 0 aliphatic rings. The summed E-state index contributed by atoms with van der Waals surface area (Å²) in [6.07, 6.45) is 3.07. The molecular formula is C23H14BrClO3. The molecule has 2 aromatic carbocycles. The molecule has 0 saturated carbocycles. The van der Waals surface area contributed by atoms with Crippen LogP contribution in [0.5, 0.6) is 0 Å². The molecule has 0 saturated heterocycles. The first-order valence-corrected chi connectivity index (χ1v) is 9.69. The van der Waals surface area contributed by atoms with Crippen LogP contribution in [0.15, 0.2) is 92.2 Å². The molecular weight excluding hydrogens is 440 g/mol. The van der Waals surface area contributed by atoms with E-state index in [4.69, 9.17) is 20.4 Å². The summed E-state index contributed by atoms with van der Waals surface area (Å²) < 4.78 is 12.5. The van der Waals surface area contributed by atoms with Gasteiger partial charge in [0.2, 0.25) is 5.78 Å². The summed E-state index contributed by atoms with van der Waals surface area (Å²) in [5.74, 6) is 1.93. The van der Waals surface area contributed by atoms with E-state index in [1.165, 1.54) is 6.08 Å². The fourth-order valence-corrected chi connectivity index (χ4v) is 3.17. The molecule has 3 nitrogen and oxygen atoms in total. The second-order valence-electron chi connectivity index (χ2n) is 6.08. The van der Waals surface area contributed by atoms with Crippen LogP contribution in [-0.4, -0.2) is 5.78 Å². The summed E-state index contributed by atoms with van der Waals surface area (Å²) in [6, 6.07) is 22.2. The van der Waals surface area contributed by atoms with Gasteiger partial charge in [0.25, 0.3) is 0 Å². The van der Waals surface area contributed by atoms with E-state index in [1.54, 1.807) is 30.3 Å². The molecule has 5 heteroatoms. The van der Waals surface area contributed by atoms with E-state index in [0.29, 0.717) is 16.5 Å². The lowest BCUT2D eigenvalue weighted by Crippen LogP contribution is -1.90. The van der Waals surface area contributed by atoms with E-state index in [1.807, 2.05) is 48.5 Å². The third-order valence-corrected chi connectivity index (χ3v) is 4.88. The van der Waals surface area contributed by atoms with Gasteiger partial charge in [-0.2, -0.15) is 0 Å². The van der Waals surface area contributed by atoms with Crippen molar-refractivity contribution in [2.24, 2.45) is 0 Å². The minimum absolute atomic E-state index is 0.241. The summed E-state index contributed by atoms with van der Waals surface area (Å²) in [6.45, 7) is 0. The van der Waals surface area contributed by atoms with E-state index in [2.05, 4.69) is 15.9 Å². The van der Waals surface area contributed by atoms with Gasteiger partial charge in [-0.1, -0.05) is 51.8 Å². The van der Waals surface area contributed by atoms with Crippen molar-refractivity contribution in [1.82, 2.24) is 0 Å². The molecule has 0 atom stereocenters. The molecule has 138 valence electrons. The second kappa shape index (κ2) is 8.05. The van der Waals surface area contributed by atoms with Crippen LogP contribution in [0, 0.1) is 0 Å². The van der Waals surface area contributed by atoms with Crippen LogP contribution in [0.2, 0.25) is 5.02 Å². The third kappa shape index (κ3) is 4.19. The Hall–Kier alpha value is -2.82. The fourth-order valence-electron chi connectivity index (χ4n) is 2.72. The zero-order valence-electron chi connectivity index (χ0n) is 14.6. The average molecular weight is 454 g/mol. The molecule has 2 heterocycles. The van der Waals surface area contributed by atoms with Crippen LogP contribution in [0.25, 0.3) is 28.7 Å². The molecule has 4 aromatic rings. The van der Waals surface area contributed by atoms with Gasteiger partial charge in [-0.3, -0.25) is 4.79 Å². The molecule has 4 rings (SSSR count). The molecule has 0 unspecified atom stereocenters. The maximum Gasteiger partial charge on any atom is 0.221 e. The fraction of sp³-hybridized carbons (Fsp3) is 0. The summed E-state index contributed by atoms with van der Waals surface area (Å²) in [5, 5.41) is 0.612. The van der Waals surface area contributed by atoms with Crippen LogP contribution < -0.4 is 0 Å². The Bertz CT molecular complexity index is 1150. The standard InChI is InChI=1S/C23H14BrClO3/c24-17-6-4-15(5-7-17)21-11-9-19(27-21)8-10-20(26)23-13-12-22(28-23)16-2-1-3-18(25)14-16/h1-14H. The molecule has 0 bridgehead atoms. The van der Waals surface area contributed by atoms with Gasteiger partial charge in [-0.05, 0) is 60.7 Å². The van der Waals surface area contributed by atoms with E-state index in [-0.39, 0.29) is 11.5 Å². The maximum atomic E-state index is 12.4. The predicted octanol–water partition coefficient (Wildman–Crippen LogP) is 7.52. The first kappa shape index (κ1) is 18.5. The zero-order valence-corrected chi connectivity index (χ0v) is 16.9. The van der Waals surface area contributed by atoms with Gasteiger partial charge in [0.05, 0.1) is 0 Å². The minimum Gasteiger partial charge on any atom is -0.457 e. The molecule has 0 N–H and O–H groups in total. The molecule has 0 aliphatic carbocycles. The van der Waals surface area contributed by atoms with Crippen molar-refractivity contribution in [3.8, 4) is 22.6 Å². The molecule has 2 aromatic heterocycles. The molecule has 0 aliphatic heterocycles. The van der Waals surface area contributed by atoms with E-state index in [9.17, 15) is 4.79 Å². The van der Waals surface area contributed by atoms with Crippen LogP contribution in [-0.2, 0) is 0 Å². The first-order chi connectivity index (χ1) is 13.6. The van der Waals surface area contributed by atoms with Gasteiger partial charge in [0, 0.05) is 20.6 Å². The largest absolute Gasteiger partial charge is 0.457 e. The van der Waals surface area contributed by atoms with Crippen molar-refractivity contribution in [2.75, 3.05) is 0 Å². The number of hydrogen-bond acceptors (Lipinski definition) is 3. The summed E-state index contributed by atoms with van der Waals surface area (Å²) in [7, 11) is 0. The highest BCUT2D eigenvalue weighted by atomic mass is 79.9. The number of allylic oxidation sites excluding steroid dienone is 1. The quantitative estimate of drug-likeness (QED) is 0.232. The highest BCUT2D eigenvalue weighted by molar-refractivity contribution is 9.10. The Morgan fingerprint density at radius 2 is 1.61 bits per heavy atom. The van der Waals surface area contributed by atoms with E-state index >= 15 is 0 Å². The molecule has 0 spiro atoms. The normalized spacial score (nSPS) is 11.2. The third-order valence-electron chi connectivity index (χ3n) is 4.11. The maximum absolute atomic E-state index is 12.4. The minimum atomic E-state index is -0.241. The van der Waals surface area contributed by atoms with Gasteiger partial charge < -0.3 is 8.83 Å². The van der Waals surface area contributed by atoms with Crippen molar-refractivity contribution in [2.45, 2.75) is 0 Å². The molecule has 28 heavy (non-hydrogen) atoms. The van der Waals surface area contributed by atoms with Gasteiger partial charge in [0.1, 0.15) is 17.3 Å². The second-order valence-corrected chi connectivity index (χ2v) is 7.43. The Morgan fingerprint density at radius 1 is 0.857 bits per heavy atom. The number of ketones is 1. The van der Waals surface area contributed by atoms with Crippen molar-refractivity contribution >= 4 is 39.4 Å². The number of halogens is 2. The van der Waals surface area contributed by atoms with Crippen molar-refractivity contribution in [1.29, 1.82) is 0 Å². The lowest BCUT2D eigenvalue weighted by molar-refractivity contribution is 0.102. The van der Waals surface area contributed by atoms with Gasteiger partial charge in [0.15, 0.2) is 5.76 Å². The lowest BCUT2D eigenvalue weighted by Gasteiger charge is -1.97. The smallest absolute Gasteiger partial charge is 0.221 e. The van der Waals surface area contributed by atoms with Gasteiger partial charge in [-0.15, -0.1) is 0 Å². The van der Waals surface area contributed by atoms with Crippen LogP contribution in [0.4, 0.5) is 0 Å². The van der Waals surface area contributed by atoms with Crippen LogP contribution in [0.1, 0.15) is 16.3 Å². The van der Waals surface area contributed by atoms with Gasteiger partial charge in [-0.25, -0.2) is 0 Å². The molecule has 0 amide bonds. The van der Waals surface area contributed by atoms with Crippen molar-refractivity contribution in [3.05, 3.63) is 99.9 Å². The van der Waals surface area contributed by atoms with Crippen LogP contribution in [0.3, 0.4) is 0 Å². The topological polar surface area (TPSA) is 43.4 Å². The number of rotatable bonds is 5. The van der Waals surface area contributed by atoms with Gasteiger partial charge >= 0.3 is 0 Å². The highest BCUT2D eigenvalue weighted by Crippen LogP contribution is 2.26. The Kier molecular flexibility index (Phi) is 5.33. The number of carbonyl (C=O) groups is 1. The summed E-state index contributed by atoms with van der Waals surface area (Å²) >= 11 is 9.41. The Balaban J connectivity index is 1.48. The lowest BCUT2D eigenvalue weighted by atomic mass is 10.2. The monoisotopic (exact) mass is 452 g/mol. The average Bonchev–Trinajstić information content (AvgIpc) is 3.37. The van der Waals surface area contributed by atoms with Crippen molar-refractivity contribution in [3.63, 3.8) is 0 Å². The molecule has 0 fully saturated rings. The SMILES string of the molecule is O=C(C=Cc1ccc(-c2ccc(Br)cc2)o1)c1ccc(-c2cccc(Cl)c2)o1. The van der Waals surface area contributed by atoms with E-state index < -0.39 is 0 Å². The number of furan rings is 2. The predicted molar refractivity (Wildman–Crippen MR) is 114 cm³/mol.